The number of carbonyl (C=O) groups is 1. The number of hydrogen-bond acceptors (Lipinski definition) is 3. The lowest BCUT2D eigenvalue weighted by Crippen LogP contribution is -2.23. The number of rotatable bonds is 7. The molecule has 0 radical (unpaired) electrons. The summed E-state index contributed by atoms with van der Waals surface area (Å²) < 4.78 is 18.2. The first-order valence-corrected chi connectivity index (χ1v) is 7.60. The van der Waals surface area contributed by atoms with Crippen molar-refractivity contribution < 1.29 is 19.0 Å². The summed E-state index contributed by atoms with van der Waals surface area (Å²) in [6.07, 6.45) is 3.71. The second kappa shape index (κ2) is 8.84. The molecule has 5 heteroatoms. The van der Waals surface area contributed by atoms with Gasteiger partial charge >= 0.3 is 0 Å². The van der Waals surface area contributed by atoms with Gasteiger partial charge in [-0.2, -0.15) is 0 Å². The number of halogens is 1. The van der Waals surface area contributed by atoms with Crippen LogP contribution in [0.2, 0.25) is 0 Å². The molecular formula is C19H20FNO3. The van der Waals surface area contributed by atoms with Gasteiger partial charge in [0, 0.05) is 12.6 Å². The van der Waals surface area contributed by atoms with E-state index in [0.29, 0.717) is 18.5 Å². The topological polar surface area (TPSA) is 58.6 Å². The summed E-state index contributed by atoms with van der Waals surface area (Å²) in [6, 6.07) is 12.0. The number of amides is 1. The lowest BCUT2D eigenvalue weighted by molar-refractivity contribution is -0.116. The molecule has 0 spiro atoms. The Hall–Kier alpha value is -2.66. The number of nitrogens with one attached hydrogen (secondary N) is 1. The standard InChI is InChI=1S/C19H20FNO3/c1-24-18-12-15(6-8-17(18)20)7-9-19(23)21-11-10-14-2-4-16(13-22)5-3-14/h2-9,12,22H,10-11,13H2,1H3,(H,21,23)/b9-7+. The lowest BCUT2D eigenvalue weighted by Gasteiger charge is -2.04. The maximum absolute atomic E-state index is 13.3. The number of benzene rings is 2. The van der Waals surface area contributed by atoms with E-state index in [1.54, 1.807) is 12.1 Å². The number of aliphatic hydroxyl groups excluding tert-OH is 1. The molecule has 4 nitrogen and oxygen atoms in total. The molecular weight excluding hydrogens is 309 g/mol. The molecule has 2 aromatic carbocycles. The summed E-state index contributed by atoms with van der Waals surface area (Å²) in [5.41, 5.74) is 2.63. The maximum atomic E-state index is 13.3. The molecule has 2 N–H and O–H groups in total. The first-order valence-electron chi connectivity index (χ1n) is 7.60. The van der Waals surface area contributed by atoms with Crippen molar-refractivity contribution in [2.45, 2.75) is 13.0 Å². The van der Waals surface area contributed by atoms with Gasteiger partial charge in [0.2, 0.25) is 5.91 Å². The van der Waals surface area contributed by atoms with E-state index in [0.717, 1.165) is 11.1 Å². The molecule has 0 fully saturated rings. The third kappa shape index (κ3) is 5.21. The highest BCUT2D eigenvalue weighted by atomic mass is 19.1. The minimum Gasteiger partial charge on any atom is -0.494 e. The van der Waals surface area contributed by atoms with Crippen LogP contribution in [-0.2, 0) is 17.8 Å². The largest absolute Gasteiger partial charge is 0.494 e. The molecule has 0 bridgehead atoms. The van der Waals surface area contributed by atoms with Gasteiger partial charge in [0.1, 0.15) is 0 Å². The molecule has 24 heavy (non-hydrogen) atoms. The SMILES string of the molecule is COc1cc(/C=C/C(=O)NCCc2ccc(CO)cc2)ccc1F. The molecule has 1 amide bonds. The highest BCUT2D eigenvalue weighted by Gasteiger charge is 2.02. The molecule has 0 saturated heterocycles. The van der Waals surface area contributed by atoms with E-state index in [-0.39, 0.29) is 18.3 Å². The normalized spacial score (nSPS) is 10.8. The first kappa shape index (κ1) is 17.7. The van der Waals surface area contributed by atoms with Gasteiger partial charge in [-0.15, -0.1) is 0 Å². The molecule has 0 heterocycles. The molecule has 126 valence electrons. The van der Waals surface area contributed by atoms with Crippen LogP contribution in [-0.4, -0.2) is 24.7 Å². The molecule has 0 aliphatic heterocycles. The van der Waals surface area contributed by atoms with Gasteiger partial charge in [-0.3, -0.25) is 4.79 Å². The fraction of sp³-hybridized carbons (Fsp3) is 0.211. The Morgan fingerprint density at radius 3 is 2.58 bits per heavy atom. The lowest BCUT2D eigenvalue weighted by atomic mass is 10.1. The van der Waals surface area contributed by atoms with Crippen molar-refractivity contribution in [2.24, 2.45) is 0 Å². The predicted octanol–water partition coefficient (Wildman–Crippen LogP) is 2.70. The Labute approximate surface area is 140 Å². The summed E-state index contributed by atoms with van der Waals surface area (Å²) in [6.45, 7) is 0.532. The molecule has 0 aliphatic rings. The molecule has 0 unspecified atom stereocenters. The third-order valence-corrected chi connectivity index (χ3v) is 3.52. The summed E-state index contributed by atoms with van der Waals surface area (Å²) >= 11 is 0. The summed E-state index contributed by atoms with van der Waals surface area (Å²) in [5, 5.41) is 11.8. The quantitative estimate of drug-likeness (QED) is 0.768. The molecule has 0 saturated carbocycles. The average Bonchev–Trinajstić information content (AvgIpc) is 2.61. The Kier molecular flexibility index (Phi) is 6.51. The van der Waals surface area contributed by atoms with E-state index in [1.165, 1.54) is 25.3 Å². The third-order valence-electron chi connectivity index (χ3n) is 3.52. The predicted molar refractivity (Wildman–Crippen MR) is 91.1 cm³/mol. The van der Waals surface area contributed by atoms with Crippen molar-refractivity contribution >= 4 is 12.0 Å². The second-order valence-corrected chi connectivity index (χ2v) is 5.24. The Balaban J connectivity index is 1.82. The molecule has 0 aromatic heterocycles. The monoisotopic (exact) mass is 329 g/mol. The van der Waals surface area contributed by atoms with Crippen LogP contribution in [0.3, 0.4) is 0 Å². The minimum atomic E-state index is -0.439. The molecule has 0 atom stereocenters. The van der Waals surface area contributed by atoms with Crippen molar-refractivity contribution in [3.05, 3.63) is 71.0 Å². The van der Waals surface area contributed by atoms with Crippen LogP contribution in [0.4, 0.5) is 4.39 Å². The number of carbonyl (C=O) groups excluding carboxylic acids is 1. The van der Waals surface area contributed by atoms with Gasteiger partial charge in [0.25, 0.3) is 0 Å². The van der Waals surface area contributed by atoms with Gasteiger partial charge in [0.15, 0.2) is 11.6 Å². The van der Waals surface area contributed by atoms with Crippen LogP contribution in [0.15, 0.2) is 48.5 Å². The number of hydrogen-bond donors (Lipinski definition) is 2. The first-order chi connectivity index (χ1) is 11.6. The van der Waals surface area contributed by atoms with Crippen LogP contribution in [0.5, 0.6) is 5.75 Å². The van der Waals surface area contributed by atoms with Crippen LogP contribution in [0, 0.1) is 5.82 Å². The zero-order valence-electron chi connectivity index (χ0n) is 13.5. The fourth-order valence-electron chi connectivity index (χ4n) is 2.15. The van der Waals surface area contributed by atoms with E-state index in [2.05, 4.69) is 5.32 Å². The second-order valence-electron chi connectivity index (χ2n) is 5.24. The molecule has 0 aliphatic carbocycles. The zero-order chi connectivity index (χ0) is 17.4. The number of aliphatic hydroxyl groups is 1. The van der Waals surface area contributed by atoms with Crippen molar-refractivity contribution in [1.29, 1.82) is 0 Å². The van der Waals surface area contributed by atoms with Crippen molar-refractivity contribution in [2.75, 3.05) is 13.7 Å². The van der Waals surface area contributed by atoms with Crippen molar-refractivity contribution in [3.63, 3.8) is 0 Å². The minimum absolute atomic E-state index is 0.0238. The Morgan fingerprint density at radius 1 is 1.21 bits per heavy atom. The number of methoxy groups -OCH3 is 1. The summed E-state index contributed by atoms with van der Waals surface area (Å²) in [7, 11) is 1.39. The van der Waals surface area contributed by atoms with Crippen molar-refractivity contribution in [1.82, 2.24) is 5.32 Å². The van der Waals surface area contributed by atoms with E-state index < -0.39 is 5.82 Å². The highest BCUT2D eigenvalue weighted by molar-refractivity contribution is 5.91. The van der Waals surface area contributed by atoms with Crippen LogP contribution in [0.1, 0.15) is 16.7 Å². The Bertz CT molecular complexity index is 711. The van der Waals surface area contributed by atoms with E-state index in [9.17, 15) is 9.18 Å². The molecule has 2 aromatic rings. The summed E-state index contributed by atoms with van der Waals surface area (Å²) in [4.78, 5) is 11.8. The van der Waals surface area contributed by atoms with Gasteiger partial charge < -0.3 is 15.2 Å². The Morgan fingerprint density at radius 2 is 1.92 bits per heavy atom. The van der Waals surface area contributed by atoms with Gasteiger partial charge in [-0.25, -0.2) is 4.39 Å². The van der Waals surface area contributed by atoms with Crippen LogP contribution in [0.25, 0.3) is 6.08 Å². The van der Waals surface area contributed by atoms with Crippen LogP contribution < -0.4 is 10.1 Å². The molecule has 2 rings (SSSR count). The maximum Gasteiger partial charge on any atom is 0.244 e. The summed E-state index contributed by atoms with van der Waals surface area (Å²) in [5.74, 6) is -0.513. The van der Waals surface area contributed by atoms with Crippen LogP contribution >= 0.6 is 0 Å². The highest BCUT2D eigenvalue weighted by Crippen LogP contribution is 2.18. The fourth-order valence-corrected chi connectivity index (χ4v) is 2.15. The van der Waals surface area contributed by atoms with Gasteiger partial charge in [-0.1, -0.05) is 30.3 Å². The van der Waals surface area contributed by atoms with E-state index in [1.807, 2.05) is 24.3 Å². The zero-order valence-corrected chi connectivity index (χ0v) is 13.5. The smallest absolute Gasteiger partial charge is 0.244 e. The van der Waals surface area contributed by atoms with Gasteiger partial charge in [-0.05, 0) is 41.3 Å². The van der Waals surface area contributed by atoms with E-state index >= 15 is 0 Å². The average molecular weight is 329 g/mol. The van der Waals surface area contributed by atoms with Gasteiger partial charge in [0.05, 0.1) is 13.7 Å². The van der Waals surface area contributed by atoms with Crippen molar-refractivity contribution in [3.8, 4) is 5.75 Å². The number of ether oxygens (including phenoxy) is 1. The van der Waals surface area contributed by atoms with E-state index in [4.69, 9.17) is 9.84 Å².